The minimum Gasteiger partial charge on any atom is -0.329 e. The fourth-order valence-electron chi connectivity index (χ4n) is 1.52. The maximum atomic E-state index is 12.1. The van der Waals surface area contributed by atoms with Gasteiger partial charge < -0.3 is 5.73 Å². The highest BCUT2D eigenvalue weighted by Crippen LogP contribution is 2.19. The fourth-order valence-corrected chi connectivity index (χ4v) is 2.02. The van der Waals surface area contributed by atoms with E-state index in [1.165, 1.54) is 4.57 Å². The van der Waals surface area contributed by atoms with Gasteiger partial charge in [-0.25, -0.2) is 4.98 Å². The average Bonchev–Trinajstić information content (AvgIpc) is 2.24. The molecule has 0 spiro atoms. The summed E-state index contributed by atoms with van der Waals surface area (Å²) in [6.07, 6.45) is 0. The van der Waals surface area contributed by atoms with Gasteiger partial charge in [0.1, 0.15) is 0 Å². The highest BCUT2D eigenvalue weighted by Gasteiger charge is 2.10. The number of nitrogens with two attached hydrogens (primary N) is 1. The molecule has 2 N–H and O–H groups in total. The Hall–Kier alpha value is -1.10. The Morgan fingerprint density at radius 1 is 1.38 bits per heavy atom. The van der Waals surface area contributed by atoms with Gasteiger partial charge in [-0.2, -0.15) is 0 Å². The molecule has 0 amide bonds. The summed E-state index contributed by atoms with van der Waals surface area (Å²) in [5.41, 5.74) is 5.64. The number of aromatic nitrogens is 2. The van der Waals surface area contributed by atoms with Crippen LogP contribution in [0.1, 0.15) is 0 Å². The van der Waals surface area contributed by atoms with E-state index in [1.54, 1.807) is 18.2 Å². The second-order valence-electron chi connectivity index (χ2n) is 3.26. The van der Waals surface area contributed by atoms with Crippen molar-refractivity contribution >= 4 is 34.1 Å². The van der Waals surface area contributed by atoms with Crippen molar-refractivity contribution in [3.8, 4) is 0 Å². The molecule has 16 heavy (non-hydrogen) atoms. The molecule has 1 aromatic carbocycles. The van der Waals surface area contributed by atoms with E-state index in [9.17, 15) is 4.79 Å². The van der Waals surface area contributed by atoms with E-state index in [0.29, 0.717) is 29.0 Å². The summed E-state index contributed by atoms with van der Waals surface area (Å²) in [5.74, 6) is 0. The van der Waals surface area contributed by atoms with E-state index in [1.807, 2.05) is 0 Å². The summed E-state index contributed by atoms with van der Waals surface area (Å²) >= 11 is 11.9. The fraction of sp³-hybridized carbons (Fsp3) is 0.200. The first kappa shape index (κ1) is 11.4. The summed E-state index contributed by atoms with van der Waals surface area (Å²) in [6.45, 7) is 0.642. The Morgan fingerprint density at radius 2 is 2.12 bits per heavy atom. The molecule has 2 rings (SSSR count). The molecule has 0 atom stereocenters. The zero-order valence-electron chi connectivity index (χ0n) is 8.28. The topological polar surface area (TPSA) is 60.9 Å². The quantitative estimate of drug-likeness (QED) is 0.833. The smallest absolute Gasteiger partial charge is 0.263 e. The average molecular weight is 258 g/mol. The van der Waals surface area contributed by atoms with Crippen molar-refractivity contribution < 1.29 is 0 Å². The maximum Gasteiger partial charge on any atom is 0.263 e. The summed E-state index contributed by atoms with van der Waals surface area (Å²) in [4.78, 5) is 16.2. The van der Waals surface area contributed by atoms with Gasteiger partial charge in [-0.1, -0.05) is 17.7 Å². The number of hydrogen-bond donors (Lipinski definition) is 1. The molecule has 0 unspecified atom stereocenters. The van der Waals surface area contributed by atoms with Crippen molar-refractivity contribution in [3.63, 3.8) is 0 Å². The first-order valence-electron chi connectivity index (χ1n) is 4.70. The Balaban J connectivity index is 2.86. The van der Waals surface area contributed by atoms with Crippen LogP contribution in [0.25, 0.3) is 10.9 Å². The molecule has 0 saturated carbocycles. The lowest BCUT2D eigenvalue weighted by molar-refractivity contribution is 0.675. The second kappa shape index (κ2) is 4.41. The van der Waals surface area contributed by atoms with Gasteiger partial charge in [0.2, 0.25) is 5.28 Å². The number of benzene rings is 1. The zero-order valence-corrected chi connectivity index (χ0v) is 9.79. The van der Waals surface area contributed by atoms with Crippen LogP contribution in [-0.4, -0.2) is 16.1 Å². The molecule has 0 aliphatic rings. The molecular weight excluding hydrogens is 249 g/mol. The molecule has 0 bridgehead atoms. The third kappa shape index (κ3) is 1.80. The SMILES string of the molecule is NCCn1c(Cl)nc2cccc(Cl)c2c1=O. The van der Waals surface area contributed by atoms with Crippen LogP contribution in [0.5, 0.6) is 0 Å². The van der Waals surface area contributed by atoms with E-state index >= 15 is 0 Å². The maximum absolute atomic E-state index is 12.1. The monoisotopic (exact) mass is 257 g/mol. The highest BCUT2D eigenvalue weighted by molar-refractivity contribution is 6.35. The van der Waals surface area contributed by atoms with Gasteiger partial charge in [-0.15, -0.1) is 0 Å². The van der Waals surface area contributed by atoms with Crippen molar-refractivity contribution in [1.82, 2.24) is 9.55 Å². The molecule has 84 valence electrons. The van der Waals surface area contributed by atoms with Crippen LogP contribution in [0, 0.1) is 0 Å². The van der Waals surface area contributed by atoms with Gasteiger partial charge in [0, 0.05) is 13.1 Å². The first-order chi connectivity index (χ1) is 7.65. The van der Waals surface area contributed by atoms with E-state index in [2.05, 4.69) is 4.98 Å². The Bertz CT molecular complexity index is 594. The van der Waals surface area contributed by atoms with Gasteiger partial charge in [-0.3, -0.25) is 9.36 Å². The summed E-state index contributed by atoms with van der Waals surface area (Å²) in [6, 6.07) is 5.07. The molecular formula is C10H9Cl2N3O. The van der Waals surface area contributed by atoms with E-state index in [4.69, 9.17) is 28.9 Å². The molecule has 4 nitrogen and oxygen atoms in total. The molecule has 0 aliphatic carbocycles. The van der Waals surface area contributed by atoms with Gasteiger partial charge in [0.05, 0.1) is 15.9 Å². The van der Waals surface area contributed by atoms with Crippen LogP contribution in [-0.2, 0) is 6.54 Å². The normalized spacial score (nSPS) is 10.9. The lowest BCUT2D eigenvalue weighted by Crippen LogP contribution is -2.25. The van der Waals surface area contributed by atoms with Crippen molar-refractivity contribution in [2.75, 3.05) is 6.54 Å². The number of rotatable bonds is 2. The second-order valence-corrected chi connectivity index (χ2v) is 4.01. The molecule has 2 aromatic rings. The predicted molar refractivity (Wildman–Crippen MR) is 65.1 cm³/mol. The third-order valence-corrected chi connectivity index (χ3v) is 2.84. The molecule has 0 radical (unpaired) electrons. The number of fused-ring (bicyclic) bond motifs is 1. The molecule has 1 heterocycles. The van der Waals surface area contributed by atoms with Crippen LogP contribution < -0.4 is 11.3 Å². The molecule has 6 heteroatoms. The van der Waals surface area contributed by atoms with Gasteiger partial charge in [0.25, 0.3) is 5.56 Å². The van der Waals surface area contributed by atoms with Crippen molar-refractivity contribution in [1.29, 1.82) is 0 Å². The number of nitrogens with zero attached hydrogens (tertiary/aromatic N) is 2. The Labute approximate surface area is 102 Å². The van der Waals surface area contributed by atoms with Crippen molar-refractivity contribution in [3.05, 3.63) is 38.9 Å². The lowest BCUT2D eigenvalue weighted by Gasteiger charge is -2.08. The molecule has 0 fully saturated rings. The van der Waals surface area contributed by atoms with Gasteiger partial charge in [-0.05, 0) is 23.7 Å². The summed E-state index contributed by atoms with van der Waals surface area (Å²) < 4.78 is 1.32. The van der Waals surface area contributed by atoms with Crippen molar-refractivity contribution in [2.24, 2.45) is 5.73 Å². The minimum absolute atomic E-state index is 0.130. The van der Waals surface area contributed by atoms with Crippen LogP contribution in [0.4, 0.5) is 0 Å². The van der Waals surface area contributed by atoms with Crippen LogP contribution in [0.2, 0.25) is 10.3 Å². The van der Waals surface area contributed by atoms with E-state index in [-0.39, 0.29) is 10.8 Å². The van der Waals surface area contributed by atoms with E-state index < -0.39 is 0 Å². The van der Waals surface area contributed by atoms with Crippen molar-refractivity contribution in [2.45, 2.75) is 6.54 Å². The summed E-state index contributed by atoms with van der Waals surface area (Å²) in [5, 5.41) is 0.879. The zero-order chi connectivity index (χ0) is 11.7. The van der Waals surface area contributed by atoms with E-state index in [0.717, 1.165) is 0 Å². The van der Waals surface area contributed by atoms with Gasteiger partial charge in [0.15, 0.2) is 0 Å². The molecule has 0 saturated heterocycles. The first-order valence-corrected chi connectivity index (χ1v) is 5.45. The highest BCUT2D eigenvalue weighted by atomic mass is 35.5. The lowest BCUT2D eigenvalue weighted by atomic mass is 10.2. The Kier molecular flexibility index (Phi) is 3.14. The Morgan fingerprint density at radius 3 is 2.81 bits per heavy atom. The largest absolute Gasteiger partial charge is 0.329 e. The number of hydrogen-bond acceptors (Lipinski definition) is 3. The van der Waals surface area contributed by atoms with Crippen LogP contribution in [0.3, 0.4) is 0 Å². The minimum atomic E-state index is -0.258. The third-order valence-electron chi connectivity index (χ3n) is 2.24. The molecule has 0 aliphatic heterocycles. The number of halogens is 2. The van der Waals surface area contributed by atoms with Crippen LogP contribution in [0.15, 0.2) is 23.0 Å². The molecule has 1 aromatic heterocycles. The summed E-state index contributed by atoms with van der Waals surface area (Å²) in [7, 11) is 0. The standard InChI is InChI=1S/C10H9Cl2N3O/c11-6-2-1-3-7-8(6)9(16)15(5-4-13)10(12)14-7/h1-3H,4-5,13H2. The van der Waals surface area contributed by atoms with Crippen LogP contribution >= 0.6 is 23.2 Å². The van der Waals surface area contributed by atoms with Gasteiger partial charge >= 0.3 is 0 Å². The predicted octanol–water partition coefficient (Wildman–Crippen LogP) is 1.66.